The zero-order valence-corrected chi connectivity index (χ0v) is 22.1. The maximum Gasteiger partial charge on any atom is 0.260 e. The summed E-state index contributed by atoms with van der Waals surface area (Å²) in [5, 5.41) is 5.27. The van der Waals surface area contributed by atoms with Crippen LogP contribution in [0.2, 0.25) is 5.02 Å². The van der Waals surface area contributed by atoms with Crippen LogP contribution in [0.4, 0.5) is 5.13 Å². The van der Waals surface area contributed by atoms with Crippen LogP contribution in [0, 0.1) is 5.92 Å². The first-order chi connectivity index (χ1) is 17.3. The molecule has 1 aliphatic rings. The summed E-state index contributed by atoms with van der Waals surface area (Å²) in [4.78, 5) is 20.1. The molecule has 5 rings (SSSR count). The number of hydrogen-bond acceptors (Lipinski definition) is 6. The lowest BCUT2D eigenvalue weighted by Gasteiger charge is -2.30. The second-order valence-electron chi connectivity index (χ2n) is 8.94. The fourth-order valence-electron chi connectivity index (χ4n) is 4.38. The zero-order chi connectivity index (χ0) is 25.3. The molecule has 1 saturated heterocycles. The maximum absolute atomic E-state index is 13.6. The summed E-state index contributed by atoms with van der Waals surface area (Å²) in [5.74, 6) is 0.0629. The monoisotopic (exact) mass is 543 g/mol. The van der Waals surface area contributed by atoms with E-state index in [-0.39, 0.29) is 10.8 Å². The molecule has 2 aromatic carbocycles. The van der Waals surface area contributed by atoms with Crippen molar-refractivity contribution in [3.8, 4) is 0 Å². The Labute approximate surface area is 219 Å². The highest BCUT2D eigenvalue weighted by Crippen LogP contribution is 2.33. The summed E-state index contributed by atoms with van der Waals surface area (Å²) < 4.78 is 30.4. The average molecular weight is 544 g/mol. The van der Waals surface area contributed by atoms with Crippen molar-refractivity contribution in [2.45, 2.75) is 31.2 Å². The molecule has 0 saturated carbocycles. The van der Waals surface area contributed by atoms with Gasteiger partial charge in [-0.1, -0.05) is 35.9 Å². The summed E-state index contributed by atoms with van der Waals surface area (Å²) in [6, 6.07) is 13.5. The largest absolute Gasteiger partial charge is 0.282 e. The number of carbonyl (C=O) groups excluding carboxylic acids is 1. The number of halogens is 1. The van der Waals surface area contributed by atoms with Crippen LogP contribution in [-0.4, -0.2) is 53.0 Å². The first-order valence-corrected chi connectivity index (χ1v) is 14.4. The van der Waals surface area contributed by atoms with Gasteiger partial charge >= 0.3 is 0 Å². The van der Waals surface area contributed by atoms with Gasteiger partial charge in [-0.3, -0.25) is 14.4 Å². The Bertz CT molecular complexity index is 1470. The molecule has 11 heteroatoms. The van der Waals surface area contributed by atoms with Crippen molar-refractivity contribution in [3.05, 3.63) is 71.5 Å². The molecule has 0 bridgehead atoms. The highest BCUT2D eigenvalue weighted by molar-refractivity contribution is 7.89. The van der Waals surface area contributed by atoms with E-state index in [2.05, 4.69) is 17.0 Å². The molecule has 1 unspecified atom stereocenters. The van der Waals surface area contributed by atoms with Gasteiger partial charge in [-0.2, -0.15) is 9.40 Å². The molecule has 1 fully saturated rings. The minimum Gasteiger partial charge on any atom is -0.282 e. The predicted molar refractivity (Wildman–Crippen MR) is 142 cm³/mol. The van der Waals surface area contributed by atoms with Crippen LogP contribution >= 0.6 is 22.9 Å². The van der Waals surface area contributed by atoms with E-state index in [1.54, 1.807) is 38.3 Å². The molecule has 36 heavy (non-hydrogen) atoms. The minimum atomic E-state index is -3.60. The van der Waals surface area contributed by atoms with Crippen molar-refractivity contribution in [2.75, 3.05) is 24.5 Å². The Morgan fingerprint density at radius 3 is 2.69 bits per heavy atom. The number of aromatic nitrogens is 3. The Hall–Kier alpha value is -2.79. The van der Waals surface area contributed by atoms with E-state index < -0.39 is 10.0 Å². The molecule has 188 valence electrons. The van der Waals surface area contributed by atoms with E-state index in [0.717, 1.165) is 17.5 Å². The third-order valence-corrected chi connectivity index (χ3v) is 9.53. The SMILES string of the molecule is CC1CCCN(S(=O)(=O)c2ccc(C(=O)N(CCn3cccn3)c3nc4c(Cl)cccc4s3)cc2)C1. The molecule has 4 aromatic rings. The molecule has 2 aromatic heterocycles. The first kappa shape index (κ1) is 24.9. The lowest BCUT2D eigenvalue weighted by molar-refractivity contribution is 0.0985. The Balaban J connectivity index is 1.43. The van der Waals surface area contributed by atoms with Gasteiger partial charge in [0.1, 0.15) is 5.52 Å². The summed E-state index contributed by atoms with van der Waals surface area (Å²) in [5.41, 5.74) is 1.03. The quantitative estimate of drug-likeness (QED) is 0.330. The maximum atomic E-state index is 13.6. The fraction of sp³-hybridized carbons (Fsp3) is 0.320. The van der Waals surface area contributed by atoms with Gasteiger partial charge in [-0.25, -0.2) is 13.4 Å². The fourth-order valence-corrected chi connectivity index (χ4v) is 7.26. The van der Waals surface area contributed by atoms with Crippen molar-refractivity contribution in [1.82, 2.24) is 19.1 Å². The third-order valence-electron chi connectivity index (χ3n) is 6.31. The van der Waals surface area contributed by atoms with E-state index in [4.69, 9.17) is 11.6 Å². The van der Waals surface area contributed by atoms with E-state index in [9.17, 15) is 13.2 Å². The number of nitrogens with zero attached hydrogens (tertiary/aromatic N) is 5. The average Bonchev–Trinajstić information content (AvgIpc) is 3.55. The number of thiazole rings is 1. The Kier molecular flexibility index (Phi) is 7.11. The number of hydrogen-bond donors (Lipinski definition) is 0. The van der Waals surface area contributed by atoms with Crippen LogP contribution in [0.15, 0.2) is 65.8 Å². The summed E-state index contributed by atoms with van der Waals surface area (Å²) >= 11 is 7.71. The molecule has 1 atom stereocenters. The van der Waals surface area contributed by atoms with Crippen molar-refractivity contribution in [1.29, 1.82) is 0 Å². The van der Waals surface area contributed by atoms with Crippen LogP contribution < -0.4 is 4.90 Å². The standard InChI is InChI=1S/C25H26ClN5O3S2/c1-18-5-3-14-30(17-18)36(33,34)20-10-8-19(9-11-20)24(32)31(16-15-29-13-4-12-27-29)25-28-23-21(26)6-2-7-22(23)35-25/h2,4,6-13,18H,3,5,14-17H2,1H3. The Morgan fingerprint density at radius 1 is 1.19 bits per heavy atom. The van der Waals surface area contributed by atoms with Crippen LogP contribution in [0.25, 0.3) is 10.2 Å². The van der Waals surface area contributed by atoms with Gasteiger partial charge in [0.25, 0.3) is 5.91 Å². The topological polar surface area (TPSA) is 88.4 Å². The molecular weight excluding hydrogens is 518 g/mol. The van der Waals surface area contributed by atoms with Gasteiger partial charge < -0.3 is 0 Å². The van der Waals surface area contributed by atoms with E-state index in [1.165, 1.54) is 23.5 Å². The van der Waals surface area contributed by atoms with Crippen molar-refractivity contribution in [3.63, 3.8) is 0 Å². The van der Waals surface area contributed by atoms with Gasteiger partial charge in [0.2, 0.25) is 10.0 Å². The number of carbonyl (C=O) groups is 1. The number of piperidine rings is 1. The normalized spacial score (nSPS) is 16.9. The van der Waals surface area contributed by atoms with Crippen molar-refractivity contribution >= 4 is 54.2 Å². The summed E-state index contributed by atoms with van der Waals surface area (Å²) in [6.45, 7) is 3.92. The minimum absolute atomic E-state index is 0.197. The molecule has 0 aliphatic carbocycles. The van der Waals surface area contributed by atoms with E-state index >= 15 is 0 Å². The molecule has 0 radical (unpaired) electrons. The number of rotatable bonds is 7. The van der Waals surface area contributed by atoms with Crippen molar-refractivity contribution in [2.24, 2.45) is 5.92 Å². The van der Waals surface area contributed by atoms with Gasteiger partial charge in [-0.05, 0) is 61.2 Å². The van der Waals surface area contributed by atoms with Crippen LogP contribution in [0.5, 0.6) is 0 Å². The van der Waals surface area contributed by atoms with Crippen LogP contribution in [0.1, 0.15) is 30.1 Å². The van der Waals surface area contributed by atoms with Crippen molar-refractivity contribution < 1.29 is 13.2 Å². The third kappa shape index (κ3) is 5.04. The molecule has 3 heterocycles. The number of sulfonamides is 1. The van der Waals surface area contributed by atoms with Crippen LogP contribution in [0.3, 0.4) is 0 Å². The summed E-state index contributed by atoms with van der Waals surface area (Å²) in [6.07, 6.45) is 5.41. The molecule has 1 amide bonds. The molecule has 1 aliphatic heterocycles. The molecule has 0 N–H and O–H groups in total. The highest BCUT2D eigenvalue weighted by atomic mass is 35.5. The Morgan fingerprint density at radius 2 is 2.00 bits per heavy atom. The molecule has 0 spiro atoms. The van der Waals surface area contributed by atoms with Gasteiger partial charge in [-0.15, -0.1) is 0 Å². The van der Waals surface area contributed by atoms with Gasteiger partial charge in [0, 0.05) is 37.6 Å². The number of fused-ring (bicyclic) bond motifs is 1. The second-order valence-corrected chi connectivity index (χ2v) is 12.3. The number of anilines is 1. The number of benzene rings is 2. The molecule has 8 nitrogen and oxygen atoms in total. The first-order valence-electron chi connectivity index (χ1n) is 11.8. The van der Waals surface area contributed by atoms with Crippen LogP contribution in [-0.2, 0) is 16.6 Å². The van der Waals surface area contributed by atoms with Gasteiger partial charge in [0.15, 0.2) is 5.13 Å². The lowest BCUT2D eigenvalue weighted by Crippen LogP contribution is -2.39. The zero-order valence-electron chi connectivity index (χ0n) is 19.7. The number of para-hydroxylation sites is 1. The van der Waals surface area contributed by atoms with Gasteiger partial charge in [0.05, 0.1) is 21.2 Å². The number of amides is 1. The lowest BCUT2D eigenvalue weighted by atomic mass is 10.0. The van der Waals surface area contributed by atoms with E-state index in [0.29, 0.717) is 53.3 Å². The van der Waals surface area contributed by atoms with E-state index in [1.807, 2.05) is 24.4 Å². The smallest absolute Gasteiger partial charge is 0.260 e. The highest BCUT2D eigenvalue weighted by Gasteiger charge is 2.29. The summed E-state index contributed by atoms with van der Waals surface area (Å²) in [7, 11) is -3.60. The molecular formula is C25H26ClN5O3S2. The second kappa shape index (κ2) is 10.3. The predicted octanol–water partition coefficient (Wildman–Crippen LogP) is 4.91.